The maximum absolute atomic E-state index is 11.9. The van der Waals surface area contributed by atoms with Gasteiger partial charge in [0.15, 0.2) is 23.0 Å². The number of nitrogens with zero attached hydrogens (tertiary/aromatic N) is 12. The summed E-state index contributed by atoms with van der Waals surface area (Å²) in [4.78, 5) is 46.8. The molecule has 0 aliphatic rings. The average Bonchev–Trinajstić information content (AvgIpc) is 1.62. The van der Waals surface area contributed by atoms with E-state index in [1.807, 2.05) is 104 Å². The van der Waals surface area contributed by atoms with Gasteiger partial charge in [0, 0.05) is 56.8 Å². The highest BCUT2D eigenvalue weighted by molar-refractivity contribution is 6.34. The third-order valence-corrected chi connectivity index (χ3v) is 20.0. The van der Waals surface area contributed by atoms with Gasteiger partial charge in [-0.25, -0.2) is 14.4 Å². The molecule has 3 atom stereocenters. The van der Waals surface area contributed by atoms with Crippen molar-refractivity contribution in [3.05, 3.63) is 207 Å². The lowest BCUT2D eigenvalue weighted by molar-refractivity contribution is -0.164. The van der Waals surface area contributed by atoms with Gasteiger partial charge in [-0.05, 0) is 121 Å². The van der Waals surface area contributed by atoms with E-state index in [0.29, 0.717) is 94.3 Å². The van der Waals surface area contributed by atoms with Gasteiger partial charge < -0.3 is 52.1 Å². The van der Waals surface area contributed by atoms with Crippen LogP contribution in [0.3, 0.4) is 0 Å². The van der Waals surface area contributed by atoms with Crippen molar-refractivity contribution in [3.8, 4) is 24.3 Å². The van der Waals surface area contributed by atoms with Crippen LogP contribution in [-0.2, 0) is 107 Å². The van der Waals surface area contributed by atoms with Crippen LogP contribution >= 0.6 is 46.4 Å². The first-order valence-corrected chi connectivity index (χ1v) is 41.0. The molecule has 123 heavy (non-hydrogen) atoms. The number of esters is 1. The van der Waals surface area contributed by atoms with Crippen LogP contribution in [0.5, 0.6) is 0 Å². The molecule has 0 saturated carbocycles. The number of aryl methyl sites for hydroxylation is 8. The number of carbonyl (C=O) groups is 4. The molecule has 0 aliphatic carbocycles. The van der Waals surface area contributed by atoms with Gasteiger partial charge in [-0.3, -0.25) is 23.5 Å². The Hall–Kier alpha value is -11.7. The van der Waals surface area contributed by atoms with Gasteiger partial charge in [0.1, 0.15) is 69.3 Å². The molecular weight excluding hydrogens is 1650 g/mol. The molecule has 31 heteroatoms. The standard InChI is InChI=1S/C24H30ClN3O4.C24H30ClN3O3.2C22H26ClN3O4.H2/c1-14(2)30-23(29)32-16(4)31-22(21-20(25)15(3)27-28(21)8)19(13-26)17-9-11-18(12-10-17)24(5,6)7;1-8-9-20(29)30-16(3)31-23(22-21(25)15(2)27-28(22)7)19(14-26)17-10-12-18(13-11-17)24(4,5)6;1-13-18(23)19(26(6)25-13)20(29-14(2)30-21(27)28-7)17(12-24)15-8-10-16(11-9-15)22(3,4)5;1-7-28-21(27)30-13-29-20(19-18(23)14(2)25-26(19)6)17(12-24)15-8-10-16(11-9-15)22(3,4)5;/h9-12,14,16H,1-8H3;10-13,16H,8-9H2,1-7H3;8-11,14H,1-7H3;8-11H,7,13H2,1-6H3;1H/b22-19-;23-19-;2*20-17-;. The Balaban J connectivity index is 0.000000346. The second kappa shape index (κ2) is 44.9. The SMILES string of the molecule is CCCC(=O)OC(C)O/C(=C(/C#N)c1ccc(C(C)(C)C)cc1)c1c(Cl)c(C)nn1C.CCOC(=O)OCO/C(=C(/C#N)c1ccc(C(C)(C)C)cc1)c1c(Cl)c(C)nn1C.COC(=O)OC(C)O/C(=C(/C#N)c1ccc(C(C)(C)C)cc1)c1c(Cl)c(C)nn1C.Cc1nn(C)c(/C(OC(C)OC(=O)OC(C)C)=C(\C#N)c2ccc(C(C)(C)C)cc2)c1Cl.[HH]. The highest BCUT2D eigenvalue weighted by Gasteiger charge is 2.32. The summed E-state index contributed by atoms with van der Waals surface area (Å²) < 4.78 is 64.4. The molecule has 0 aliphatic heterocycles. The molecule has 4 aromatic carbocycles. The summed E-state index contributed by atoms with van der Waals surface area (Å²) in [5, 5.41) is 58.7. The van der Waals surface area contributed by atoms with Gasteiger partial charge in [-0.2, -0.15) is 41.4 Å². The summed E-state index contributed by atoms with van der Waals surface area (Å²) in [6, 6.07) is 39.5. The summed E-state index contributed by atoms with van der Waals surface area (Å²) in [6.45, 7) is 43.8. The number of carbonyl (C=O) groups excluding carboxylic acids is 4. The molecule has 3 unspecified atom stereocenters. The maximum atomic E-state index is 11.9. The molecule has 0 spiro atoms. The second-order valence-electron chi connectivity index (χ2n) is 32.6. The van der Waals surface area contributed by atoms with Gasteiger partial charge in [0.25, 0.3) is 0 Å². The normalized spacial score (nSPS) is 13.0. The van der Waals surface area contributed by atoms with Crippen LogP contribution in [0.25, 0.3) is 45.3 Å². The van der Waals surface area contributed by atoms with Gasteiger partial charge in [-0.1, -0.05) is 233 Å². The minimum Gasteiger partial charge on any atom is -0.453 e. The van der Waals surface area contributed by atoms with Crippen molar-refractivity contribution in [1.82, 2.24) is 39.1 Å². The molecular formula is C92H114Cl4N12O15. The van der Waals surface area contributed by atoms with Crippen LogP contribution < -0.4 is 0 Å². The Bertz CT molecular complexity index is 5350. The minimum atomic E-state index is -1.04. The van der Waals surface area contributed by atoms with Crippen LogP contribution in [0.4, 0.5) is 14.4 Å². The fraction of sp³-hybridized carbons (Fsp3) is 0.435. The third kappa shape index (κ3) is 28.2. The Labute approximate surface area is 743 Å². The van der Waals surface area contributed by atoms with Crippen LogP contribution in [0.1, 0.15) is 236 Å². The Morgan fingerprint density at radius 2 is 0.642 bits per heavy atom. The molecule has 8 rings (SSSR count). The van der Waals surface area contributed by atoms with Crippen LogP contribution in [0.15, 0.2) is 97.1 Å². The van der Waals surface area contributed by atoms with Crippen LogP contribution in [0, 0.1) is 73.0 Å². The molecule has 0 saturated heterocycles. The molecule has 8 aromatic rings. The first-order valence-electron chi connectivity index (χ1n) is 39.5. The van der Waals surface area contributed by atoms with E-state index in [1.165, 1.54) is 35.0 Å². The summed E-state index contributed by atoms with van der Waals surface area (Å²) in [5.74, 6) is 0.337. The highest BCUT2D eigenvalue weighted by Crippen LogP contribution is 2.41. The molecule has 660 valence electrons. The molecule has 4 aromatic heterocycles. The largest absolute Gasteiger partial charge is 0.511 e. The van der Waals surface area contributed by atoms with Gasteiger partial charge in [0.2, 0.25) is 25.7 Å². The number of nitriles is 4. The third-order valence-electron chi connectivity index (χ3n) is 18.2. The first kappa shape index (κ1) is 102. The van der Waals surface area contributed by atoms with E-state index in [9.17, 15) is 40.2 Å². The lowest BCUT2D eigenvalue weighted by Gasteiger charge is -2.21. The lowest BCUT2D eigenvalue weighted by atomic mass is 9.86. The van der Waals surface area contributed by atoms with Crippen molar-refractivity contribution in [2.24, 2.45) is 28.2 Å². The predicted molar refractivity (Wildman–Crippen MR) is 477 cm³/mol. The zero-order valence-electron chi connectivity index (χ0n) is 75.4. The number of hydrogen-bond acceptors (Lipinski definition) is 23. The number of aromatic nitrogens is 8. The summed E-state index contributed by atoms with van der Waals surface area (Å²) >= 11 is 25.9. The molecule has 0 N–H and O–H groups in total. The van der Waals surface area contributed by atoms with Crippen LogP contribution in [-0.4, -0.2) is 109 Å². The average molecular weight is 1770 g/mol. The van der Waals surface area contributed by atoms with Crippen molar-refractivity contribution in [3.63, 3.8) is 0 Å². The number of allylic oxidation sites excluding steroid dienone is 4. The zero-order chi connectivity index (χ0) is 92.7. The fourth-order valence-corrected chi connectivity index (χ4v) is 12.8. The van der Waals surface area contributed by atoms with E-state index in [4.69, 9.17) is 93.8 Å². The van der Waals surface area contributed by atoms with E-state index in [0.717, 1.165) is 22.3 Å². The monoisotopic (exact) mass is 1770 g/mol. The van der Waals surface area contributed by atoms with E-state index in [1.54, 1.807) is 88.3 Å². The number of ether oxygens (including phenoxy) is 11. The molecule has 0 fully saturated rings. The first-order chi connectivity index (χ1) is 57.4. The summed E-state index contributed by atoms with van der Waals surface area (Å²) in [5.41, 5.74) is 12.1. The summed E-state index contributed by atoms with van der Waals surface area (Å²) in [7, 11) is 8.02. The molecule has 0 bridgehead atoms. The van der Waals surface area contributed by atoms with Crippen molar-refractivity contribution in [2.45, 2.75) is 219 Å². The highest BCUT2D eigenvalue weighted by atomic mass is 35.5. The summed E-state index contributed by atoms with van der Waals surface area (Å²) in [6.07, 6.45) is -4.99. The lowest BCUT2D eigenvalue weighted by Crippen LogP contribution is -2.21. The topological polar surface area (TPSA) is 336 Å². The maximum Gasteiger partial charge on any atom is 0.511 e. The Kier molecular flexibility index (Phi) is 37.2. The fourth-order valence-electron chi connectivity index (χ4n) is 11.9. The van der Waals surface area contributed by atoms with Crippen molar-refractivity contribution < 1.29 is 72.7 Å². The predicted octanol–water partition coefficient (Wildman–Crippen LogP) is 22.5. The smallest absolute Gasteiger partial charge is 0.453 e. The molecule has 4 heterocycles. The van der Waals surface area contributed by atoms with Gasteiger partial charge in [-0.15, -0.1) is 0 Å². The second-order valence-corrected chi connectivity index (χ2v) is 34.1. The number of halogens is 4. The Morgan fingerprint density at radius 1 is 0.382 bits per heavy atom. The molecule has 0 amide bonds. The number of rotatable bonds is 24. The van der Waals surface area contributed by atoms with Crippen molar-refractivity contribution >= 4 is 116 Å². The van der Waals surface area contributed by atoms with Crippen molar-refractivity contribution in [1.29, 1.82) is 21.0 Å². The van der Waals surface area contributed by atoms with E-state index in [-0.39, 0.29) is 93.5 Å². The zero-order valence-corrected chi connectivity index (χ0v) is 78.4. The Morgan fingerprint density at radius 3 is 0.870 bits per heavy atom. The van der Waals surface area contributed by atoms with Crippen LogP contribution in [0.2, 0.25) is 20.1 Å². The van der Waals surface area contributed by atoms with Gasteiger partial charge in [0.05, 0.1) is 62.7 Å². The van der Waals surface area contributed by atoms with Crippen molar-refractivity contribution in [2.75, 3.05) is 20.5 Å². The van der Waals surface area contributed by atoms with Gasteiger partial charge >= 0.3 is 24.4 Å². The van der Waals surface area contributed by atoms with E-state index in [2.05, 4.69) is 132 Å². The quantitative estimate of drug-likeness (QED) is 0.0178. The molecule has 27 nitrogen and oxygen atoms in total. The molecule has 0 radical (unpaired) electrons. The van der Waals surface area contributed by atoms with E-state index < -0.39 is 44.1 Å². The number of benzene rings is 4. The van der Waals surface area contributed by atoms with E-state index >= 15 is 0 Å². The minimum absolute atomic E-state index is 0. The number of methoxy groups -OCH3 is 1. The number of hydrogen-bond donors (Lipinski definition) is 0.